The third-order valence-corrected chi connectivity index (χ3v) is 8.69. The lowest BCUT2D eigenvalue weighted by molar-refractivity contribution is 0.430. The van der Waals surface area contributed by atoms with E-state index in [0.29, 0.717) is 11.8 Å². The molecule has 41 heavy (non-hydrogen) atoms. The summed E-state index contributed by atoms with van der Waals surface area (Å²) in [7, 11) is 0. The predicted octanol–water partition coefficient (Wildman–Crippen LogP) is 11.8. The smallest absolute Gasteiger partial charge is 0.00521 e. The van der Waals surface area contributed by atoms with Gasteiger partial charge in [0.15, 0.2) is 0 Å². The summed E-state index contributed by atoms with van der Waals surface area (Å²) in [4.78, 5) is 0. The van der Waals surface area contributed by atoms with E-state index in [1.54, 1.807) is 0 Å². The first-order valence-corrected chi connectivity index (χ1v) is 15.3. The van der Waals surface area contributed by atoms with Gasteiger partial charge in [0.05, 0.1) is 0 Å². The van der Waals surface area contributed by atoms with E-state index in [4.69, 9.17) is 0 Å². The van der Waals surface area contributed by atoms with Crippen LogP contribution in [0.5, 0.6) is 0 Å². The molecule has 2 unspecified atom stereocenters. The first kappa shape index (κ1) is 30.3. The van der Waals surface area contributed by atoms with Gasteiger partial charge < -0.3 is 0 Å². The topological polar surface area (TPSA) is 0 Å². The van der Waals surface area contributed by atoms with Gasteiger partial charge >= 0.3 is 0 Å². The maximum Gasteiger partial charge on any atom is -0.00521 e. The zero-order chi connectivity index (χ0) is 29.6. The fourth-order valence-electron chi connectivity index (χ4n) is 6.50. The Balaban J connectivity index is 1.90. The summed E-state index contributed by atoms with van der Waals surface area (Å²) in [6.45, 7) is 20.0. The van der Waals surface area contributed by atoms with Gasteiger partial charge in [-0.25, -0.2) is 0 Å². The van der Waals surface area contributed by atoms with Gasteiger partial charge in [-0.05, 0) is 126 Å². The van der Waals surface area contributed by atoms with Crippen molar-refractivity contribution in [1.29, 1.82) is 0 Å². The Kier molecular flexibility index (Phi) is 9.87. The van der Waals surface area contributed by atoms with Crippen LogP contribution in [-0.4, -0.2) is 0 Å². The highest BCUT2D eigenvalue weighted by molar-refractivity contribution is 5.99. The molecule has 2 aliphatic rings. The maximum absolute atomic E-state index is 4.66. The van der Waals surface area contributed by atoms with E-state index < -0.39 is 0 Å². The molecule has 0 nitrogen and oxygen atoms in total. The van der Waals surface area contributed by atoms with Crippen LogP contribution in [0.25, 0.3) is 16.7 Å². The van der Waals surface area contributed by atoms with Gasteiger partial charge in [0.2, 0.25) is 0 Å². The molecule has 0 aliphatic heterocycles. The second-order valence-corrected chi connectivity index (χ2v) is 12.4. The van der Waals surface area contributed by atoms with Crippen molar-refractivity contribution >= 4 is 16.7 Å². The average Bonchev–Trinajstić information content (AvgIpc) is 2.96. The second kappa shape index (κ2) is 13.3. The number of benzene rings is 2. The summed E-state index contributed by atoms with van der Waals surface area (Å²) in [6.07, 6.45) is 23.6. The molecule has 0 spiro atoms. The summed E-state index contributed by atoms with van der Waals surface area (Å²) in [5.74, 6) is 0.883. The molecule has 0 saturated carbocycles. The van der Waals surface area contributed by atoms with Gasteiger partial charge in [0.25, 0.3) is 0 Å². The average molecular weight is 541 g/mol. The number of rotatable bonds is 7. The quantitative estimate of drug-likeness (QED) is 0.242. The number of fused-ring (bicyclic) bond motifs is 4. The van der Waals surface area contributed by atoms with E-state index in [2.05, 4.69) is 158 Å². The highest BCUT2D eigenvalue weighted by atomic mass is 14.4. The molecular formula is C41H48. The minimum absolute atomic E-state index is 0.0998. The third kappa shape index (κ3) is 6.82. The number of allylic oxidation sites excluding steroid dienone is 15. The van der Waals surface area contributed by atoms with Crippen molar-refractivity contribution in [3.8, 4) is 0 Å². The molecule has 0 heterocycles. The van der Waals surface area contributed by atoms with Gasteiger partial charge in [-0.3, -0.25) is 0 Å². The molecule has 212 valence electrons. The Morgan fingerprint density at radius 2 is 1.59 bits per heavy atom. The number of hydrogen-bond donors (Lipinski definition) is 0. The van der Waals surface area contributed by atoms with Crippen LogP contribution in [0, 0.1) is 17.3 Å². The summed E-state index contributed by atoms with van der Waals surface area (Å²) in [6, 6.07) is 18.2. The van der Waals surface area contributed by atoms with Crippen molar-refractivity contribution in [3.05, 3.63) is 149 Å². The van der Waals surface area contributed by atoms with E-state index in [1.807, 2.05) is 0 Å². The lowest BCUT2D eigenvalue weighted by Crippen LogP contribution is -2.23. The summed E-state index contributed by atoms with van der Waals surface area (Å²) >= 11 is 0. The van der Waals surface area contributed by atoms with Gasteiger partial charge in [0.1, 0.15) is 0 Å². The largest absolute Gasteiger partial charge is 0.0915 e. The molecule has 2 aliphatic carbocycles. The molecule has 2 aromatic carbocycles. The van der Waals surface area contributed by atoms with E-state index >= 15 is 0 Å². The van der Waals surface area contributed by atoms with Crippen molar-refractivity contribution in [2.45, 2.75) is 67.7 Å². The number of hydrogen-bond acceptors (Lipinski definition) is 0. The van der Waals surface area contributed by atoms with Crippen molar-refractivity contribution in [2.24, 2.45) is 17.3 Å². The minimum atomic E-state index is 0.0998. The second-order valence-electron chi connectivity index (χ2n) is 12.4. The zero-order valence-electron chi connectivity index (χ0n) is 26.3. The lowest BCUT2D eigenvalue weighted by Gasteiger charge is -2.36. The summed E-state index contributed by atoms with van der Waals surface area (Å²) in [5, 5.41) is 0. The van der Waals surface area contributed by atoms with E-state index in [1.165, 1.54) is 50.1 Å². The molecule has 2 bridgehead atoms. The van der Waals surface area contributed by atoms with Crippen LogP contribution in [0.15, 0.2) is 127 Å². The van der Waals surface area contributed by atoms with Crippen molar-refractivity contribution < 1.29 is 0 Å². The van der Waals surface area contributed by atoms with Crippen LogP contribution in [0.2, 0.25) is 0 Å². The highest BCUT2D eigenvalue weighted by Crippen LogP contribution is 2.48. The Morgan fingerprint density at radius 3 is 2.22 bits per heavy atom. The SMILES string of the molecule is C=C(/C=C\C(=C/C)C(C)(C)C)C1=CC(c2ccc(C(/C=C\C)=C/C)cc2)=C2CC1C(C=CC)CCc1ccccc12. The van der Waals surface area contributed by atoms with Gasteiger partial charge in [0, 0.05) is 0 Å². The molecule has 4 rings (SSSR count). The Bertz CT molecular complexity index is 1470. The van der Waals surface area contributed by atoms with Crippen LogP contribution in [0.3, 0.4) is 0 Å². The molecular weight excluding hydrogens is 492 g/mol. The lowest BCUT2D eigenvalue weighted by atomic mass is 9.68. The van der Waals surface area contributed by atoms with Gasteiger partial charge in [-0.2, -0.15) is 0 Å². The van der Waals surface area contributed by atoms with E-state index in [9.17, 15) is 0 Å². The Hall–Kier alpha value is -3.64. The van der Waals surface area contributed by atoms with Crippen molar-refractivity contribution in [1.82, 2.24) is 0 Å². The van der Waals surface area contributed by atoms with Crippen LogP contribution >= 0.6 is 0 Å². The molecule has 0 saturated heterocycles. The van der Waals surface area contributed by atoms with Gasteiger partial charge in [-0.15, -0.1) is 0 Å². The molecule has 0 radical (unpaired) electrons. The standard InChI is InChI=1S/C41H48/c1-9-15-30(11-3)31-20-22-34(23-21-31)39-27-37(29(5)19-26-35(12-4)41(6,7)8)38-28-40(39)36-18-14-13-17-33(36)25-24-32(38)16-10-2/h9-23,26-27,32,38H,5,24-25,28H2,1-4,6-8H3/b15-9-,16-10?,26-19-,30-11+,35-12+. The zero-order valence-corrected chi connectivity index (χ0v) is 26.3. The monoisotopic (exact) mass is 540 g/mol. The fourth-order valence-corrected chi connectivity index (χ4v) is 6.50. The first-order chi connectivity index (χ1) is 19.7. The van der Waals surface area contributed by atoms with Crippen molar-refractivity contribution in [3.63, 3.8) is 0 Å². The van der Waals surface area contributed by atoms with E-state index in [0.717, 1.165) is 24.8 Å². The molecule has 0 aromatic heterocycles. The van der Waals surface area contributed by atoms with Crippen molar-refractivity contribution in [2.75, 3.05) is 0 Å². The van der Waals surface area contributed by atoms with E-state index in [-0.39, 0.29) is 5.41 Å². The predicted molar refractivity (Wildman–Crippen MR) is 182 cm³/mol. The summed E-state index contributed by atoms with van der Waals surface area (Å²) < 4.78 is 0. The number of aryl methyl sites for hydroxylation is 1. The normalized spacial score (nSPS) is 20.4. The molecule has 0 fully saturated rings. The van der Waals surface area contributed by atoms with Crippen LogP contribution in [-0.2, 0) is 6.42 Å². The van der Waals surface area contributed by atoms with Gasteiger partial charge in [-0.1, -0.05) is 124 Å². The molecule has 2 atom stereocenters. The molecule has 0 heteroatoms. The van der Waals surface area contributed by atoms with Crippen LogP contribution in [0.4, 0.5) is 0 Å². The molecule has 2 aromatic rings. The highest BCUT2D eigenvalue weighted by Gasteiger charge is 2.33. The fraction of sp³-hybridized carbons (Fsp3) is 0.317. The minimum Gasteiger partial charge on any atom is -0.0915 e. The Labute approximate surface area is 250 Å². The third-order valence-electron chi connectivity index (χ3n) is 8.69. The van der Waals surface area contributed by atoms with Crippen LogP contribution < -0.4 is 0 Å². The molecule has 0 amide bonds. The first-order valence-electron chi connectivity index (χ1n) is 15.3. The van der Waals surface area contributed by atoms with Crippen LogP contribution in [0.1, 0.15) is 83.6 Å². The summed E-state index contributed by atoms with van der Waals surface area (Å²) in [5.41, 5.74) is 13.4. The molecule has 0 N–H and O–H groups in total. The maximum atomic E-state index is 4.66. The Morgan fingerprint density at radius 1 is 0.854 bits per heavy atom.